The van der Waals surface area contributed by atoms with Crippen molar-refractivity contribution >= 4 is 21.8 Å². The van der Waals surface area contributed by atoms with Crippen molar-refractivity contribution in [1.29, 1.82) is 0 Å². The number of hydrogen-bond acceptors (Lipinski definition) is 1. The number of rotatable bonds is 0. The van der Waals surface area contributed by atoms with Crippen LogP contribution in [0.4, 0.5) is 0 Å². The summed E-state index contributed by atoms with van der Waals surface area (Å²) < 4.78 is 9.20. The molecule has 2 nitrogen and oxygen atoms in total. The fourth-order valence-corrected chi connectivity index (χ4v) is 6.32. The number of nitrogens with zero attached hydrogens (tertiary/aromatic N) is 1. The van der Waals surface area contributed by atoms with Crippen LogP contribution >= 0.6 is 0 Å². The lowest BCUT2D eigenvalue weighted by molar-refractivity contribution is -0.0257. The molecule has 1 aromatic heterocycles. The molecule has 0 amide bonds. The topological polar surface area (TPSA) is 14.2 Å². The van der Waals surface area contributed by atoms with Crippen LogP contribution in [0, 0.1) is 12.8 Å². The summed E-state index contributed by atoms with van der Waals surface area (Å²) in [5.41, 5.74) is 5.83. The van der Waals surface area contributed by atoms with Crippen LogP contribution in [0.2, 0.25) is 0 Å². The first-order chi connectivity index (χ1) is 11.9. The molecule has 2 aliphatic heterocycles. The Morgan fingerprint density at radius 1 is 1.08 bits per heavy atom. The molecule has 1 saturated carbocycles. The molecule has 0 N–H and O–H groups in total. The Morgan fingerprint density at radius 3 is 2.76 bits per heavy atom. The molecule has 3 heterocycles. The molecule has 1 fully saturated rings. The summed E-state index contributed by atoms with van der Waals surface area (Å²) in [4.78, 5) is 0. The molecule has 2 bridgehead atoms. The van der Waals surface area contributed by atoms with Crippen LogP contribution in [0.25, 0.3) is 21.8 Å². The van der Waals surface area contributed by atoms with Gasteiger partial charge in [0, 0.05) is 27.4 Å². The molecule has 3 atom stereocenters. The Labute approximate surface area is 148 Å². The minimum atomic E-state index is 0.0305. The van der Waals surface area contributed by atoms with E-state index in [0.717, 1.165) is 5.75 Å². The van der Waals surface area contributed by atoms with Gasteiger partial charge in [-0.3, -0.25) is 0 Å². The maximum atomic E-state index is 6.55. The predicted molar refractivity (Wildman–Crippen MR) is 103 cm³/mol. The molecular formula is C23H25NO. The number of aromatic nitrogens is 1. The molecule has 2 aromatic carbocycles. The van der Waals surface area contributed by atoms with Gasteiger partial charge in [0.2, 0.25) is 0 Å². The van der Waals surface area contributed by atoms with Gasteiger partial charge < -0.3 is 9.30 Å². The molecule has 6 rings (SSSR count). The summed E-state index contributed by atoms with van der Waals surface area (Å²) in [6.45, 7) is 9.44. The summed E-state index contributed by atoms with van der Waals surface area (Å²) >= 11 is 0. The predicted octanol–water partition coefficient (Wildman–Crippen LogP) is 5.89. The maximum Gasteiger partial charge on any atom is 0.125 e. The van der Waals surface area contributed by atoms with E-state index >= 15 is 0 Å². The highest BCUT2D eigenvalue weighted by Crippen LogP contribution is 2.61. The first kappa shape index (κ1) is 14.2. The monoisotopic (exact) mass is 331 g/mol. The van der Waals surface area contributed by atoms with Gasteiger partial charge in [-0.05, 0) is 83.1 Å². The summed E-state index contributed by atoms with van der Waals surface area (Å²) in [7, 11) is 0. The Kier molecular flexibility index (Phi) is 2.31. The number of fused-ring (bicyclic) bond motifs is 4. The van der Waals surface area contributed by atoms with Crippen molar-refractivity contribution in [2.45, 2.75) is 64.0 Å². The second-order valence-corrected chi connectivity index (χ2v) is 9.39. The van der Waals surface area contributed by atoms with E-state index in [1.165, 1.54) is 52.2 Å². The highest BCUT2D eigenvalue weighted by molar-refractivity contribution is 6.10. The Hall–Kier alpha value is -1.96. The molecule has 2 heteroatoms. The highest BCUT2D eigenvalue weighted by Gasteiger charge is 2.53. The van der Waals surface area contributed by atoms with Crippen LogP contribution in [0.1, 0.15) is 57.1 Å². The molecule has 25 heavy (non-hydrogen) atoms. The van der Waals surface area contributed by atoms with Crippen molar-refractivity contribution in [3.05, 3.63) is 41.5 Å². The molecule has 3 aromatic rings. The van der Waals surface area contributed by atoms with Gasteiger partial charge in [0.05, 0.1) is 5.52 Å². The second-order valence-electron chi connectivity index (χ2n) is 9.39. The summed E-state index contributed by atoms with van der Waals surface area (Å²) in [5, 5.41) is 2.81. The molecule has 1 aliphatic carbocycles. The van der Waals surface area contributed by atoms with Crippen LogP contribution in [0.3, 0.4) is 0 Å². The van der Waals surface area contributed by atoms with E-state index in [1.54, 1.807) is 0 Å². The van der Waals surface area contributed by atoms with Gasteiger partial charge in [-0.2, -0.15) is 0 Å². The van der Waals surface area contributed by atoms with Crippen molar-refractivity contribution < 1.29 is 4.74 Å². The van der Waals surface area contributed by atoms with E-state index in [4.69, 9.17) is 4.74 Å². The van der Waals surface area contributed by atoms with Gasteiger partial charge in [-0.1, -0.05) is 11.6 Å². The Bertz CT molecular complexity index is 1070. The van der Waals surface area contributed by atoms with E-state index in [1.807, 2.05) is 0 Å². The fraction of sp³-hybridized carbons (Fsp3) is 0.478. The molecule has 3 aliphatic rings. The van der Waals surface area contributed by atoms with Gasteiger partial charge >= 0.3 is 0 Å². The van der Waals surface area contributed by atoms with E-state index in [9.17, 15) is 0 Å². The van der Waals surface area contributed by atoms with E-state index in [-0.39, 0.29) is 11.1 Å². The lowest BCUT2D eigenvalue weighted by atomic mass is 9.60. The molecule has 128 valence electrons. The van der Waals surface area contributed by atoms with Crippen molar-refractivity contribution in [2.75, 3.05) is 0 Å². The van der Waals surface area contributed by atoms with Gasteiger partial charge in [0.25, 0.3) is 0 Å². The lowest BCUT2D eigenvalue weighted by Gasteiger charge is -2.55. The molecule has 0 radical (unpaired) electrons. The summed E-state index contributed by atoms with van der Waals surface area (Å²) in [6.07, 6.45) is 3.60. The first-order valence-corrected chi connectivity index (χ1v) is 9.66. The zero-order valence-corrected chi connectivity index (χ0v) is 15.5. The third-order valence-electron chi connectivity index (χ3n) is 7.42. The number of hydrogen-bond donors (Lipinski definition) is 0. The van der Waals surface area contributed by atoms with E-state index in [0.29, 0.717) is 11.8 Å². The summed E-state index contributed by atoms with van der Waals surface area (Å²) in [5.74, 6) is 2.48. The third kappa shape index (κ3) is 1.53. The van der Waals surface area contributed by atoms with Gasteiger partial charge in [0.15, 0.2) is 0 Å². The normalized spacial score (nSPS) is 31.5. The maximum absolute atomic E-state index is 6.55. The van der Waals surface area contributed by atoms with Gasteiger partial charge in [0.1, 0.15) is 11.4 Å². The largest absolute Gasteiger partial charge is 0.487 e. The number of aryl methyl sites for hydroxylation is 1. The third-order valence-corrected chi connectivity index (χ3v) is 7.42. The van der Waals surface area contributed by atoms with Crippen LogP contribution in [-0.4, -0.2) is 10.2 Å². The van der Waals surface area contributed by atoms with E-state index < -0.39 is 0 Å². The molecule has 3 unspecified atom stereocenters. The van der Waals surface area contributed by atoms with E-state index in [2.05, 4.69) is 62.6 Å². The first-order valence-electron chi connectivity index (χ1n) is 9.66. The van der Waals surface area contributed by atoms with Crippen molar-refractivity contribution in [3.63, 3.8) is 0 Å². The molecule has 0 saturated heterocycles. The summed E-state index contributed by atoms with van der Waals surface area (Å²) in [6, 6.07) is 11.5. The zero-order valence-electron chi connectivity index (χ0n) is 15.5. The minimum absolute atomic E-state index is 0.0305. The van der Waals surface area contributed by atoms with Gasteiger partial charge in [-0.25, -0.2) is 0 Å². The average molecular weight is 331 g/mol. The quantitative estimate of drug-likeness (QED) is 0.501. The number of benzene rings is 2. The van der Waals surface area contributed by atoms with Crippen LogP contribution in [-0.2, 0) is 5.54 Å². The number of ether oxygens (including phenoxy) is 1. The standard InChI is InChI=1S/C23H25NO/c1-13-5-7-18-15(11-13)14-6-8-19-20-16-12-23(4,25-19)10-9-17(16)22(2,3)24(18)21(14)20/h5-8,11,16-17H,9-10,12H2,1-4H3. The van der Waals surface area contributed by atoms with Crippen LogP contribution < -0.4 is 4.74 Å². The SMILES string of the molecule is Cc1ccc2c(c1)c1ccc3c4c1n2C(C)(C)C1CCC(C)(CC41)O3. The molecular weight excluding hydrogens is 306 g/mol. The fourth-order valence-electron chi connectivity index (χ4n) is 6.32. The lowest BCUT2D eigenvalue weighted by Crippen LogP contribution is -2.52. The van der Waals surface area contributed by atoms with Crippen LogP contribution in [0.5, 0.6) is 5.75 Å². The van der Waals surface area contributed by atoms with Crippen molar-refractivity contribution in [1.82, 2.24) is 4.57 Å². The Morgan fingerprint density at radius 2 is 1.92 bits per heavy atom. The van der Waals surface area contributed by atoms with Crippen molar-refractivity contribution in [3.8, 4) is 5.75 Å². The molecule has 0 spiro atoms. The Balaban J connectivity index is 1.85. The van der Waals surface area contributed by atoms with Crippen LogP contribution in [0.15, 0.2) is 30.3 Å². The smallest absolute Gasteiger partial charge is 0.125 e. The minimum Gasteiger partial charge on any atom is -0.487 e. The highest BCUT2D eigenvalue weighted by atomic mass is 16.5. The van der Waals surface area contributed by atoms with Crippen molar-refractivity contribution in [2.24, 2.45) is 5.92 Å². The van der Waals surface area contributed by atoms with Gasteiger partial charge in [-0.15, -0.1) is 0 Å². The second kappa shape index (κ2) is 4.06. The average Bonchev–Trinajstić information content (AvgIpc) is 2.87. The zero-order chi connectivity index (χ0) is 17.1.